The third-order valence-corrected chi connectivity index (χ3v) is 3.52. The molecule has 114 valence electrons. The molecule has 0 unspecified atom stereocenters. The molecular weight excluding hydrogens is 282 g/mol. The average Bonchev–Trinajstić information content (AvgIpc) is 2.63. The summed E-state index contributed by atoms with van der Waals surface area (Å²) in [4.78, 5) is 6.53. The van der Waals surface area contributed by atoms with Gasteiger partial charge in [0.15, 0.2) is 0 Å². The van der Waals surface area contributed by atoms with Crippen LogP contribution in [0.1, 0.15) is 5.56 Å². The standard InChI is InChI=1S/C20H19N3/c21-20(22-16-17-10-4-1-5-11-17)23(18-12-6-2-7-13-18)19-14-8-3-9-15-19/h1-15H,16H2,(H2,21,22). The SMILES string of the molecule is NC(=NCc1ccccc1)N(c1ccccc1)c1ccccc1. The van der Waals surface area contributed by atoms with Crippen LogP contribution >= 0.6 is 0 Å². The van der Waals surface area contributed by atoms with Gasteiger partial charge in [-0.2, -0.15) is 0 Å². The van der Waals surface area contributed by atoms with Gasteiger partial charge in [-0.15, -0.1) is 0 Å². The Morgan fingerprint density at radius 2 is 1.13 bits per heavy atom. The molecule has 0 saturated heterocycles. The van der Waals surface area contributed by atoms with Gasteiger partial charge in [0.05, 0.1) is 6.54 Å². The van der Waals surface area contributed by atoms with Crippen LogP contribution in [0.3, 0.4) is 0 Å². The maximum atomic E-state index is 6.31. The van der Waals surface area contributed by atoms with Crippen LogP contribution < -0.4 is 10.6 Å². The molecule has 3 nitrogen and oxygen atoms in total. The maximum Gasteiger partial charge on any atom is 0.200 e. The lowest BCUT2D eigenvalue weighted by Gasteiger charge is -2.24. The van der Waals surface area contributed by atoms with Gasteiger partial charge in [-0.05, 0) is 29.8 Å². The largest absolute Gasteiger partial charge is 0.369 e. The molecule has 0 radical (unpaired) electrons. The first kappa shape index (κ1) is 14.9. The number of anilines is 2. The Bertz CT molecular complexity index is 713. The number of aliphatic imine (C=N–C) groups is 1. The number of rotatable bonds is 4. The highest BCUT2D eigenvalue weighted by molar-refractivity contribution is 6.01. The molecule has 0 saturated carbocycles. The summed E-state index contributed by atoms with van der Waals surface area (Å²) in [5, 5.41) is 0. The van der Waals surface area contributed by atoms with Crippen molar-refractivity contribution in [3.63, 3.8) is 0 Å². The Hall–Kier alpha value is -3.07. The number of nitrogens with two attached hydrogens (primary N) is 1. The fraction of sp³-hybridized carbons (Fsp3) is 0.0500. The molecule has 3 aromatic carbocycles. The maximum absolute atomic E-state index is 6.31. The second-order valence-electron chi connectivity index (χ2n) is 5.17. The average molecular weight is 301 g/mol. The lowest BCUT2D eigenvalue weighted by molar-refractivity contribution is 1.05. The van der Waals surface area contributed by atoms with Gasteiger partial charge in [0.1, 0.15) is 0 Å². The lowest BCUT2D eigenvalue weighted by atomic mass is 10.2. The normalized spacial score (nSPS) is 11.2. The van der Waals surface area contributed by atoms with Crippen LogP contribution in [0.15, 0.2) is 96.0 Å². The van der Waals surface area contributed by atoms with E-state index in [2.05, 4.69) is 4.99 Å². The first-order valence-corrected chi connectivity index (χ1v) is 7.58. The zero-order valence-electron chi connectivity index (χ0n) is 12.8. The molecule has 0 aromatic heterocycles. The minimum absolute atomic E-state index is 0.478. The Morgan fingerprint density at radius 3 is 1.61 bits per heavy atom. The monoisotopic (exact) mass is 301 g/mol. The van der Waals surface area contributed by atoms with Crippen LogP contribution in [0.2, 0.25) is 0 Å². The summed E-state index contributed by atoms with van der Waals surface area (Å²) in [6.45, 7) is 0.558. The second kappa shape index (κ2) is 7.27. The molecule has 0 spiro atoms. The molecule has 23 heavy (non-hydrogen) atoms. The number of benzene rings is 3. The molecule has 0 amide bonds. The molecule has 0 bridgehead atoms. The van der Waals surface area contributed by atoms with Gasteiger partial charge in [0.25, 0.3) is 0 Å². The van der Waals surface area contributed by atoms with Gasteiger partial charge in [-0.3, -0.25) is 4.90 Å². The van der Waals surface area contributed by atoms with Crippen molar-refractivity contribution in [1.82, 2.24) is 0 Å². The van der Waals surface area contributed by atoms with E-state index >= 15 is 0 Å². The number of guanidine groups is 1. The first-order chi connectivity index (χ1) is 11.3. The van der Waals surface area contributed by atoms with Crippen molar-refractivity contribution >= 4 is 17.3 Å². The molecule has 0 aliphatic rings. The quantitative estimate of drug-likeness (QED) is 0.575. The highest BCUT2D eigenvalue weighted by Gasteiger charge is 2.12. The van der Waals surface area contributed by atoms with Gasteiger partial charge in [0.2, 0.25) is 5.96 Å². The summed E-state index contributed by atoms with van der Waals surface area (Å²) < 4.78 is 0. The van der Waals surface area contributed by atoms with Crippen molar-refractivity contribution < 1.29 is 0 Å². The molecule has 0 aliphatic heterocycles. The summed E-state index contributed by atoms with van der Waals surface area (Å²) >= 11 is 0. The lowest BCUT2D eigenvalue weighted by Crippen LogP contribution is -2.33. The van der Waals surface area contributed by atoms with E-state index in [0.717, 1.165) is 16.9 Å². The minimum Gasteiger partial charge on any atom is -0.369 e. The van der Waals surface area contributed by atoms with Crippen molar-refractivity contribution in [2.24, 2.45) is 10.7 Å². The van der Waals surface area contributed by atoms with E-state index < -0.39 is 0 Å². The van der Waals surface area contributed by atoms with E-state index in [4.69, 9.17) is 5.73 Å². The van der Waals surface area contributed by atoms with Crippen LogP contribution in [0, 0.1) is 0 Å². The molecule has 0 fully saturated rings. The van der Waals surface area contributed by atoms with Crippen molar-refractivity contribution in [1.29, 1.82) is 0 Å². The topological polar surface area (TPSA) is 41.6 Å². The first-order valence-electron chi connectivity index (χ1n) is 7.58. The fourth-order valence-electron chi connectivity index (χ4n) is 2.39. The zero-order valence-corrected chi connectivity index (χ0v) is 12.8. The van der Waals surface area contributed by atoms with Crippen LogP contribution in [0.5, 0.6) is 0 Å². The summed E-state index contributed by atoms with van der Waals surface area (Å²) in [7, 11) is 0. The van der Waals surface area contributed by atoms with Gasteiger partial charge >= 0.3 is 0 Å². The number of nitrogens with zero attached hydrogens (tertiary/aromatic N) is 2. The molecule has 2 N–H and O–H groups in total. The molecule has 0 atom stereocenters. The predicted octanol–water partition coefficient (Wildman–Crippen LogP) is 4.34. The van der Waals surface area contributed by atoms with Crippen molar-refractivity contribution in [2.45, 2.75) is 6.54 Å². The summed E-state index contributed by atoms with van der Waals surface area (Å²) in [6.07, 6.45) is 0. The summed E-state index contributed by atoms with van der Waals surface area (Å²) in [6, 6.07) is 30.2. The zero-order chi connectivity index (χ0) is 15.9. The van der Waals surface area contributed by atoms with Crippen LogP contribution in [0.25, 0.3) is 0 Å². The van der Waals surface area contributed by atoms with Gasteiger partial charge in [0, 0.05) is 11.4 Å². The van der Waals surface area contributed by atoms with Gasteiger partial charge in [-0.1, -0.05) is 66.7 Å². The van der Waals surface area contributed by atoms with E-state index in [1.165, 1.54) is 0 Å². The number of hydrogen-bond donors (Lipinski definition) is 1. The third kappa shape index (κ3) is 3.77. The molecule has 0 heterocycles. The third-order valence-electron chi connectivity index (χ3n) is 3.52. The Kier molecular flexibility index (Phi) is 4.69. The smallest absolute Gasteiger partial charge is 0.200 e. The Balaban J connectivity index is 1.92. The van der Waals surface area contributed by atoms with Crippen LogP contribution in [-0.4, -0.2) is 5.96 Å². The molecular formula is C20H19N3. The van der Waals surface area contributed by atoms with Crippen molar-refractivity contribution in [3.8, 4) is 0 Å². The van der Waals surface area contributed by atoms with E-state index in [0.29, 0.717) is 12.5 Å². The molecule has 0 aliphatic carbocycles. The molecule has 3 aromatic rings. The highest BCUT2D eigenvalue weighted by atomic mass is 15.3. The van der Waals surface area contributed by atoms with Crippen LogP contribution in [0.4, 0.5) is 11.4 Å². The van der Waals surface area contributed by atoms with Crippen molar-refractivity contribution in [3.05, 3.63) is 96.6 Å². The van der Waals surface area contributed by atoms with Gasteiger partial charge in [-0.25, -0.2) is 4.99 Å². The predicted molar refractivity (Wildman–Crippen MR) is 96.8 cm³/mol. The van der Waals surface area contributed by atoms with E-state index in [1.54, 1.807) is 0 Å². The fourth-order valence-corrected chi connectivity index (χ4v) is 2.39. The van der Waals surface area contributed by atoms with Crippen LogP contribution in [-0.2, 0) is 6.54 Å². The molecule has 3 rings (SSSR count). The van der Waals surface area contributed by atoms with E-state index in [1.807, 2.05) is 95.9 Å². The number of hydrogen-bond acceptors (Lipinski definition) is 1. The second-order valence-corrected chi connectivity index (χ2v) is 5.17. The van der Waals surface area contributed by atoms with Crippen molar-refractivity contribution in [2.75, 3.05) is 4.90 Å². The minimum atomic E-state index is 0.478. The van der Waals surface area contributed by atoms with E-state index in [-0.39, 0.29) is 0 Å². The highest BCUT2D eigenvalue weighted by Crippen LogP contribution is 2.24. The van der Waals surface area contributed by atoms with E-state index in [9.17, 15) is 0 Å². The number of para-hydroxylation sites is 2. The van der Waals surface area contributed by atoms with Gasteiger partial charge < -0.3 is 5.73 Å². The molecule has 3 heteroatoms. The Morgan fingerprint density at radius 1 is 0.696 bits per heavy atom. The summed E-state index contributed by atoms with van der Waals surface area (Å²) in [5.74, 6) is 0.478. The Labute approximate surface area is 136 Å². The summed E-state index contributed by atoms with van der Waals surface area (Å²) in [5.41, 5.74) is 9.43.